The number of carbonyl (C=O) groups is 2. The van der Waals surface area contributed by atoms with E-state index < -0.39 is 5.91 Å². The van der Waals surface area contributed by atoms with Gasteiger partial charge in [-0.3, -0.25) is 9.59 Å². The molecule has 3 aromatic rings. The van der Waals surface area contributed by atoms with Crippen LogP contribution in [0.5, 0.6) is 0 Å². The molecule has 1 aliphatic heterocycles. The fourth-order valence-electron chi connectivity index (χ4n) is 3.30. The molecule has 4 rings (SSSR count). The Morgan fingerprint density at radius 1 is 1.19 bits per heavy atom. The number of aromatic nitrogens is 3. The SMILES string of the molecule is Cc1sc(-n2cccc2)c(C(=O)N2CCn3c(C(N)=O)cnc3C2)c1C. The van der Waals surface area contributed by atoms with Crippen LogP contribution in [0, 0.1) is 13.8 Å². The molecule has 2 amide bonds. The van der Waals surface area contributed by atoms with Crippen LogP contribution in [0.3, 0.4) is 0 Å². The monoisotopic (exact) mass is 369 g/mol. The van der Waals surface area contributed by atoms with Gasteiger partial charge in [0.25, 0.3) is 11.8 Å². The predicted molar refractivity (Wildman–Crippen MR) is 98.6 cm³/mol. The Labute approximate surface area is 154 Å². The van der Waals surface area contributed by atoms with Gasteiger partial charge in [-0.05, 0) is 31.5 Å². The zero-order valence-corrected chi connectivity index (χ0v) is 15.4. The van der Waals surface area contributed by atoms with Crippen molar-refractivity contribution in [3.8, 4) is 5.00 Å². The Hall–Kier alpha value is -2.87. The number of hydrogen-bond donors (Lipinski definition) is 1. The number of nitrogens with zero attached hydrogens (tertiary/aromatic N) is 4. The summed E-state index contributed by atoms with van der Waals surface area (Å²) in [7, 11) is 0. The van der Waals surface area contributed by atoms with Crippen molar-refractivity contribution < 1.29 is 9.59 Å². The third-order valence-electron chi connectivity index (χ3n) is 4.82. The maximum absolute atomic E-state index is 13.3. The number of hydrogen-bond acceptors (Lipinski definition) is 4. The Morgan fingerprint density at radius 2 is 1.92 bits per heavy atom. The van der Waals surface area contributed by atoms with Crippen LogP contribution in [-0.4, -0.2) is 37.4 Å². The topological polar surface area (TPSA) is 86.1 Å². The minimum absolute atomic E-state index is 0.00887. The summed E-state index contributed by atoms with van der Waals surface area (Å²) in [6.07, 6.45) is 5.38. The van der Waals surface area contributed by atoms with E-state index in [1.165, 1.54) is 6.20 Å². The first-order valence-electron chi connectivity index (χ1n) is 8.34. The van der Waals surface area contributed by atoms with E-state index in [0.717, 1.165) is 21.0 Å². The highest BCUT2D eigenvalue weighted by Gasteiger charge is 2.29. The Balaban J connectivity index is 1.68. The van der Waals surface area contributed by atoms with Crippen LogP contribution >= 0.6 is 11.3 Å². The van der Waals surface area contributed by atoms with Crippen LogP contribution in [0.25, 0.3) is 5.00 Å². The number of imidazole rings is 1. The number of aryl methyl sites for hydroxylation is 1. The molecule has 0 unspecified atom stereocenters. The van der Waals surface area contributed by atoms with Crippen LogP contribution in [0.4, 0.5) is 0 Å². The molecular weight excluding hydrogens is 350 g/mol. The second-order valence-corrected chi connectivity index (χ2v) is 7.56. The summed E-state index contributed by atoms with van der Waals surface area (Å²) in [4.78, 5) is 32.0. The first-order valence-corrected chi connectivity index (χ1v) is 9.16. The summed E-state index contributed by atoms with van der Waals surface area (Å²) < 4.78 is 3.78. The molecule has 26 heavy (non-hydrogen) atoms. The van der Waals surface area contributed by atoms with Crippen molar-refractivity contribution in [1.29, 1.82) is 0 Å². The minimum Gasteiger partial charge on any atom is -0.364 e. The van der Waals surface area contributed by atoms with Gasteiger partial charge in [-0.1, -0.05) is 0 Å². The zero-order chi connectivity index (χ0) is 18.4. The van der Waals surface area contributed by atoms with Gasteiger partial charge >= 0.3 is 0 Å². The average molecular weight is 369 g/mol. The zero-order valence-electron chi connectivity index (χ0n) is 14.6. The number of carbonyl (C=O) groups excluding carboxylic acids is 2. The number of thiophene rings is 1. The standard InChI is InChI=1S/C18H19N5O2S/c1-11-12(2)26-18(21-5-3-4-6-21)15(11)17(25)22-7-8-23-13(16(19)24)9-20-14(23)10-22/h3-6,9H,7-8,10H2,1-2H3,(H2,19,24). The van der Waals surface area contributed by atoms with Crippen LogP contribution in [0.2, 0.25) is 0 Å². The average Bonchev–Trinajstić information content (AvgIpc) is 3.33. The fourth-order valence-corrected chi connectivity index (χ4v) is 4.42. The second kappa shape index (κ2) is 6.14. The number of nitrogens with two attached hydrogens (primary N) is 1. The molecule has 0 atom stereocenters. The van der Waals surface area contributed by atoms with Gasteiger partial charge in [-0.2, -0.15) is 0 Å². The Bertz CT molecular complexity index is 999. The molecule has 0 spiro atoms. The van der Waals surface area contributed by atoms with E-state index in [-0.39, 0.29) is 5.91 Å². The molecule has 0 fully saturated rings. The van der Waals surface area contributed by atoms with Gasteiger partial charge in [0, 0.05) is 30.4 Å². The van der Waals surface area contributed by atoms with Crippen molar-refractivity contribution in [2.45, 2.75) is 26.9 Å². The predicted octanol–water partition coefficient (Wildman–Crippen LogP) is 2.11. The lowest BCUT2D eigenvalue weighted by Crippen LogP contribution is -2.39. The number of rotatable bonds is 3. The van der Waals surface area contributed by atoms with Crippen molar-refractivity contribution in [2.24, 2.45) is 5.73 Å². The molecule has 8 heteroatoms. The Morgan fingerprint density at radius 3 is 2.62 bits per heavy atom. The second-order valence-electron chi connectivity index (χ2n) is 6.36. The number of primary amides is 1. The third kappa shape index (κ3) is 2.53. The van der Waals surface area contributed by atoms with E-state index in [1.807, 2.05) is 42.9 Å². The first kappa shape index (κ1) is 16.6. The van der Waals surface area contributed by atoms with Crippen molar-refractivity contribution in [1.82, 2.24) is 19.0 Å². The largest absolute Gasteiger partial charge is 0.364 e. The summed E-state index contributed by atoms with van der Waals surface area (Å²) in [5.41, 5.74) is 7.52. The summed E-state index contributed by atoms with van der Waals surface area (Å²) in [6, 6.07) is 3.89. The van der Waals surface area contributed by atoms with Gasteiger partial charge in [-0.25, -0.2) is 4.98 Å². The van der Waals surface area contributed by atoms with Gasteiger partial charge in [0.2, 0.25) is 0 Å². The molecule has 0 aliphatic carbocycles. The van der Waals surface area contributed by atoms with Crippen molar-refractivity contribution >= 4 is 23.2 Å². The number of fused-ring (bicyclic) bond motifs is 1. The molecule has 0 saturated carbocycles. The molecule has 134 valence electrons. The van der Waals surface area contributed by atoms with E-state index in [9.17, 15) is 9.59 Å². The Kier molecular flexibility index (Phi) is 3.91. The molecule has 4 heterocycles. The van der Waals surface area contributed by atoms with Crippen molar-refractivity contribution in [3.05, 3.63) is 58.2 Å². The van der Waals surface area contributed by atoms with Crippen LogP contribution in [-0.2, 0) is 13.1 Å². The van der Waals surface area contributed by atoms with Crippen molar-refractivity contribution in [3.63, 3.8) is 0 Å². The summed E-state index contributed by atoms with van der Waals surface area (Å²) >= 11 is 1.62. The molecule has 0 bridgehead atoms. The molecule has 0 saturated heterocycles. The van der Waals surface area contributed by atoms with Gasteiger partial charge in [0.05, 0.1) is 18.3 Å². The smallest absolute Gasteiger partial charge is 0.266 e. The fraction of sp³-hybridized carbons (Fsp3) is 0.278. The van der Waals surface area contributed by atoms with Gasteiger partial charge < -0.3 is 19.8 Å². The van der Waals surface area contributed by atoms with E-state index in [4.69, 9.17) is 5.73 Å². The lowest BCUT2D eigenvalue weighted by molar-refractivity contribution is 0.0706. The maximum Gasteiger partial charge on any atom is 0.266 e. The van der Waals surface area contributed by atoms with Crippen LogP contribution in [0.15, 0.2) is 30.7 Å². The van der Waals surface area contributed by atoms with E-state index in [0.29, 0.717) is 31.2 Å². The summed E-state index contributed by atoms with van der Waals surface area (Å²) in [5, 5.41) is 0.932. The molecule has 3 aromatic heterocycles. The molecule has 2 N–H and O–H groups in total. The quantitative estimate of drug-likeness (QED) is 0.767. The highest BCUT2D eigenvalue weighted by molar-refractivity contribution is 7.15. The van der Waals surface area contributed by atoms with Gasteiger partial charge in [0.15, 0.2) is 0 Å². The normalized spacial score (nSPS) is 13.7. The third-order valence-corrected chi connectivity index (χ3v) is 6.04. The van der Waals surface area contributed by atoms with Gasteiger partial charge in [-0.15, -0.1) is 11.3 Å². The maximum atomic E-state index is 13.3. The highest BCUT2D eigenvalue weighted by atomic mass is 32.1. The lowest BCUT2D eigenvalue weighted by Gasteiger charge is -2.28. The molecule has 7 nitrogen and oxygen atoms in total. The molecular formula is C18H19N5O2S. The molecule has 0 aromatic carbocycles. The summed E-state index contributed by atoms with van der Waals surface area (Å²) in [5.74, 6) is 0.179. The van der Waals surface area contributed by atoms with E-state index >= 15 is 0 Å². The van der Waals surface area contributed by atoms with Crippen LogP contribution in [0.1, 0.15) is 37.1 Å². The lowest BCUT2D eigenvalue weighted by atomic mass is 10.1. The summed E-state index contributed by atoms with van der Waals surface area (Å²) in [6.45, 7) is 5.42. The van der Waals surface area contributed by atoms with E-state index in [1.54, 1.807) is 20.8 Å². The molecule has 1 aliphatic rings. The van der Waals surface area contributed by atoms with E-state index in [2.05, 4.69) is 4.98 Å². The molecule has 0 radical (unpaired) electrons. The first-order chi connectivity index (χ1) is 12.5. The van der Waals surface area contributed by atoms with Crippen molar-refractivity contribution in [2.75, 3.05) is 6.54 Å². The minimum atomic E-state index is -0.497. The highest BCUT2D eigenvalue weighted by Crippen LogP contribution is 2.32. The van der Waals surface area contributed by atoms with Gasteiger partial charge in [0.1, 0.15) is 16.5 Å². The number of amides is 2. The van der Waals surface area contributed by atoms with Crippen LogP contribution < -0.4 is 5.73 Å².